The maximum atomic E-state index is 5.70. The first kappa shape index (κ1) is 14.7. The van der Waals surface area contributed by atoms with Crippen molar-refractivity contribution >= 4 is 22.7 Å². The van der Waals surface area contributed by atoms with E-state index in [1.165, 1.54) is 25.7 Å². The molecule has 0 radical (unpaired) electrons. The fourth-order valence-corrected chi connectivity index (χ4v) is 3.54. The lowest BCUT2D eigenvalue weighted by molar-refractivity contribution is 0.120. The van der Waals surface area contributed by atoms with Gasteiger partial charge in [-0.1, -0.05) is 25.0 Å². The zero-order valence-electron chi connectivity index (χ0n) is 13.4. The van der Waals surface area contributed by atoms with Gasteiger partial charge >= 0.3 is 0 Å². The second kappa shape index (κ2) is 6.71. The monoisotopic (exact) mass is 312 g/mol. The molecular formula is C18H24N4O. The van der Waals surface area contributed by atoms with Crippen LogP contribution in [0.1, 0.15) is 38.5 Å². The summed E-state index contributed by atoms with van der Waals surface area (Å²) in [5, 5.41) is 8.06. The third-order valence-electron chi connectivity index (χ3n) is 4.81. The van der Waals surface area contributed by atoms with Gasteiger partial charge in [-0.05, 0) is 37.8 Å². The Bertz CT molecular complexity index is 663. The van der Waals surface area contributed by atoms with Gasteiger partial charge in [0, 0.05) is 24.6 Å². The van der Waals surface area contributed by atoms with Crippen molar-refractivity contribution in [1.29, 1.82) is 0 Å². The highest BCUT2D eigenvalue weighted by Gasteiger charge is 2.18. The van der Waals surface area contributed by atoms with Gasteiger partial charge in [0.05, 0.1) is 11.6 Å². The van der Waals surface area contributed by atoms with Gasteiger partial charge in [0.1, 0.15) is 5.82 Å². The first-order chi connectivity index (χ1) is 11.4. The first-order valence-corrected chi connectivity index (χ1v) is 8.77. The second-order valence-corrected chi connectivity index (χ2v) is 6.55. The van der Waals surface area contributed by atoms with Crippen LogP contribution in [-0.2, 0) is 4.74 Å². The van der Waals surface area contributed by atoms with Crippen molar-refractivity contribution in [2.75, 3.05) is 23.8 Å². The van der Waals surface area contributed by atoms with Gasteiger partial charge in [0.2, 0.25) is 5.95 Å². The predicted octanol–water partition coefficient (Wildman–Crippen LogP) is 3.58. The summed E-state index contributed by atoms with van der Waals surface area (Å²) in [4.78, 5) is 9.42. The molecular weight excluding hydrogens is 288 g/mol. The zero-order chi connectivity index (χ0) is 15.5. The normalized spacial score (nSPS) is 21.8. The number of fused-ring (bicyclic) bond motifs is 1. The molecule has 1 unspecified atom stereocenters. The second-order valence-electron chi connectivity index (χ2n) is 6.55. The summed E-state index contributed by atoms with van der Waals surface area (Å²) >= 11 is 0. The Labute approximate surface area is 136 Å². The molecule has 1 saturated carbocycles. The summed E-state index contributed by atoms with van der Waals surface area (Å²) in [6, 6.07) is 8.70. The third-order valence-corrected chi connectivity index (χ3v) is 4.81. The van der Waals surface area contributed by atoms with Gasteiger partial charge in [-0.25, -0.2) is 4.98 Å². The quantitative estimate of drug-likeness (QED) is 0.884. The van der Waals surface area contributed by atoms with Crippen LogP contribution < -0.4 is 10.6 Å². The molecule has 122 valence electrons. The summed E-state index contributed by atoms with van der Waals surface area (Å²) < 4.78 is 5.70. The predicted molar refractivity (Wildman–Crippen MR) is 92.9 cm³/mol. The van der Waals surface area contributed by atoms with Crippen molar-refractivity contribution in [2.45, 2.75) is 50.7 Å². The van der Waals surface area contributed by atoms with E-state index in [-0.39, 0.29) is 0 Å². The molecule has 2 aliphatic rings. The molecule has 0 amide bonds. The van der Waals surface area contributed by atoms with Gasteiger partial charge in [0.15, 0.2) is 0 Å². The summed E-state index contributed by atoms with van der Waals surface area (Å²) in [7, 11) is 0. The summed E-state index contributed by atoms with van der Waals surface area (Å²) in [5.74, 6) is 1.65. The molecule has 5 nitrogen and oxygen atoms in total. The van der Waals surface area contributed by atoms with E-state index in [4.69, 9.17) is 9.72 Å². The molecule has 1 saturated heterocycles. The zero-order valence-corrected chi connectivity index (χ0v) is 13.4. The lowest BCUT2D eigenvalue weighted by Gasteiger charge is -2.16. The molecule has 1 aliphatic carbocycles. The van der Waals surface area contributed by atoms with E-state index in [9.17, 15) is 0 Å². The fourth-order valence-electron chi connectivity index (χ4n) is 3.54. The Morgan fingerprint density at radius 1 is 1.04 bits per heavy atom. The Kier molecular flexibility index (Phi) is 4.28. The fraction of sp³-hybridized carbons (Fsp3) is 0.556. The number of rotatable bonds is 5. The van der Waals surface area contributed by atoms with Gasteiger partial charge < -0.3 is 15.4 Å². The molecule has 2 fully saturated rings. The molecule has 1 aromatic carbocycles. The van der Waals surface area contributed by atoms with Crippen molar-refractivity contribution in [3.05, 3.63) is 24.3 Å². The van der Waals surface area contributed by atoms with E-state index in [1.807, 2.05) is 18.2 Å². The van der Waals surface area contributed by atoms with Crippen LogP contribution in [0, 0.1) is 0 Å². The first-order valence-electron chi connectivity index (χ1n) is 8.77. The molecule has 1 atom stereocenters. The minimum Gasteiger partial charge on any atom is -0.376 e. The van der Waals surface area contributed by atoms with Gasteiger partial charge in [-0.15, -0.1) is 0 Å². The highest BCUT2D eigenvalue weighted by molar-refractivity contribution is 5.90. The molecule has 2 aromatic rings. The van der Waals surface area contributed by atoms with Gasteiger partial charge in [0.25, 0.3) is 0 Å². The van der Waals surface area contributed by atoms with Crippen LogP contribution in [0.3, 0.4) is 0 Å². The van der Waals surface area contributed by atoms with Crippen LogP contribution in [0.15, 0.2) is 24.3 Å². The van der Waals surface area contributed by atoms with E-state index in [2.05, 4.69) is 21.7 Å². The lowest BCUT2D eigenvalue weighted by atomic mass is 10.2. The number of hydrogen-bond acceptors (Lipinski definition) is 5. The molecule has 2 heterocycles. The van der Waals surface area contributed by atoms with Crippen molar-refractivity contribution in [2.24, 2.45) is 0 Å². The maximum Gasteiger partial charge on any atom is 0.225 e. The van der Waals surface area contributed by atoms with Crippen molar-refractivity contribution < 1.29 is 4.74 Å². The molecule has 0 spiro atoms. The van der Waals surface area contributed by atoms with E-state index in [0.717, 1.165) is 48.7 Å². The number of nitrogens with zero attached hydrogens (tertiary/aromatic N) is 2. The Morgan fingerprint density at radius 3 is 2.74 bits per heavy atom. The molecule has 0 bridgehead atoms. The number of para-hydroxylation sites is 1. The van der Waals surface area contributed by atoms with Crippen LogP contribution in [-0.4, -0.2) is 35.3 Å². The number of ether oxygens (including phenoxy) is 1. The maximum absolute atomic E-state index is 5.70. The molecule has 4 rings (SSSR count). The van der Waals surface area contributed by atoms with Crippen molar-refractivity contribution in [1.82, 2.24) is 9.97 Å². The SMILES string of the molecule is c1ccc2c(NCC3CCCO3)nc(NC3CCCC3)nc2c1. The summed E-state index contributed by atoms with van der Waals surface area (Å²) in [6.07, 6.45) is 7.62. The molecule has 1 aromatic heterocycles. The smallest absolute Gasteiger partial charge is 0.225 e. The topological polar surface area (TPSA) is 59.1 Å². The highest BCUT2D eigenvalue weighted by atomic mass is 16.5. The minimum atomic E-state index is 0.301. The summed E-state index contributed by atoms with van der Waals surface area (Å²) in [5.41, 5.74) is 0.984. The van der Waals surface area contributed by atoms with Crippen LogP contribution >= 0.6 is 0 Å². The number of nitrogens with one attached hydrogen (secondary N) is 2. The Hall–Kier alpha value is -1.88. The number of anilines is 2. The van der Waals surface area contributed by atoms with Gasteiger partial charge in [-0.3, -0.25) is 0 Å². The number of hydrogen-bond donors (Lipinski definition) is 2. The largest absolute Gasteiger partial charge is 0.376 e. The third kappa shape index (κ3) is 3.39. The summed E-state index contributed by atoms with van der Waals surface area (Å²) in [6.45, 7) is 1.69. The standard InChI is InChI=1S/C18H24N4O/c1-2-7-13(6-1)20-18-21-16-10-4-3-9-15(16)17(22-18)19-12-14-8-5-11-23-14/h3-4,9-10,13-14H,1-2,5-8,11-12H2,(H2,19,20,21,22). The van der Waals surface area contributed by atoms with Crippen LogP contribution in [0.5, 0.6) is 0 Å². The van der Waals surface area contributed by atoms with E-state index in [1.54, 1.807) is 0 Å². The van der Waals surface area contributed by atoms with Crippen LogP contribution in [0.25, 0.3) is 10.9 Å². The average molecular weight is 312 g/mol. The Morgan fingerprint density at radius 2 is 1.91 bits per heavy atom. The average Bonchev–Trinajstić information content (AvgIpc) is 3.26. The molecule has 2 N–H and O–H groups in total. The molecule has 23 heavy (non-hydrogen) atoms. The van der Waals surface area contributed by atoms with Crippen LogP contribution in [0.4, 0.5) is 11.8 Å². The number of aromatic nitrogens is 2. The van der Waals surface area contributed by atoms with E-state index in [0.29, 0.717) is 12.1 Å². The van der Waals surface area contributed by atoms with Crippen molar-refractivity contribution in [3.63, 3.8) is 0 Å². The molecule has 1 aliphatic heterocycles. The lowest BCUT2D eigenvalue weighted by Crippen LogP contribution is -2.21. The van der Waals surface area contributed by atoms with Gasteiger partial charge in [-0.2, -0.15) is 4.98 Å². The highest BCUT2D eigenvalue weighted by Crippen LogP contribution is 2.25. The van der Waals surface area contributed by atoms with Crippen molar-refractivity contribution in [3.8, 4) is 0 Å². The van der Waals surface area contributed by atoms with E-state index < -0.39 is 0 Å². The molecule has 5 heteroatoms. The number of benzene rings is 1. The minimum absolute atomic E-state index is 0.301. The van der Waals surface area contributed by atoms with E-state index >= 15 is 0 Å². The Balaban J connectivity index is 1.57. The van der Waals surface area contributed by atoms with Crippen LogP contribution in [0.2, 0.25) is 0 Å².